The van der Waals surface area contributed by atoms with Crippen LogP contribution in [0.15, 0.2) is 61.3 Å². The summed E-state index contributed by atoms with van der Waals surface area (Å²) in [5.74, 6) is 0. The Bertz CT molecular complexity index is 952. The fourth-order valence-electron chi connectivity index (χ4n) is 1.83. The molecule has 0 atom stereocenters. The van der Waals surface area contributed by atoms with Gasteiger partial charge in [-0.2, -0.15) is 0 Å². The summed E-state index contributed by atoms with van der Waals surface area (Å²) in [4.78, 5) is 5.09. The van der Waals surface area contributed by atoms with Gasteiger partial charge in [0.05, 0.1) is 8.44 Å². The molecule has 1 aromatic carbocycles. The van der Waals surface area contributed by atoms with Gasteiger partial charge in [-0.05, 0) is 47.6 Å². The highest BCUT2D eigenvalue weighted by Gasteiger charge is 1.99. The van der Waals surface area contributed by atoms with Crippen molar-refractivity contribution in [2.45, 2.75) is 6.85 Å². The SMILES string of the molecule is [2H]c1c(C([2H])([2H])[2H])cnc(C(=C)C=Cc2cc3ccccc3s2)c1[2H]. The Balaban J connectivity index is 1.89. The van der Waals surface area contributed by atoms with Crippen molar-refractivity contribution in [1.82, 2.24) is 4.98 Å². The molecule has 0 aliphatic carbocycles. The first-order valence-electron chi connectivity index (χ1n) is 8.60. The van der Waals surface area contributed by atoms with E-state index in [1.807, 2.05) is 24.3 Å². The molecular formula is C18H15NS. The molecule has 2 aromatic heterocycles. The zero-order valence-electron chi connectivity index (χ0n) is 15.7. The first-order chi connectivity index (χ1) is 11.8. The van der Waals surface area contributed by atoms with Crippen LogP contribution in [0.5, 0.6) is 0 Å². The largest absolute Gasteiger partial charge is 0.256 e. The van der Waals surface area contributed by atoms with Gasteiger partial charge in [-0.1, -0.05) is 36.9 Å². The van der Waals surface area contributed by atoms with Gasteiger partial charge >= 0.3 is 0 Å². The number of allylic oxidation sites excluding steroid dienone is 2. The van der Waals surface area contributed by atoms with E-state index in [1.165, 1.54) is 4.70 Å². The monoisotopic (exact) mass is 282 g/mol. The van der Waals surface area contributed by atoms with Gasteiger partial charge in [-0.25, -0.2) is 0 Å². The van der Waals surface area contributed by atoms with E-state index in [0.29, 0.717) is 5.57 Å². The molecule has 3 aromatic rings. The molecule has 1 nitrogen and oxygen atoms in total. The lowest BCUT2D eigenvalue weighted by molar-refractivity contribution is 1.24. The quantitative estimate of drug-likeness (QED) is 0.591. The predicted octanol–water partition coefficient (Wildman–Crippen LogP) is 5.33. The smallest absolute Gasteiger partial charge is 0.0696 e. The number of aryl methyl sites for hydroxylation is 1. The van der Waals surface area contributed by atoms with Crippen LogP contribution < -0.4 is 0 Å². The van der Waals surface area contributed by atoms with Gasteiger partial charge in [-0.3, -0.25) is 4.98 Å². The maximum absolute atomic E-state index is 8.03. The molecule has 3 rings (SSSR count). The van der Waals surface area contributed by atoms with Gasteiger partial charge in [-0.15, -0.1) is 11.3 Å². The van der Waals surface area contributed by atoms with Crippen molar-refractivity contribution in [3.8, 4) is 0 Å². The number of pyridine rings is 1. The van der Waals surface area contributed by atoms with Crippen LogP contribution in [0.1, 0.15) is 23.0 Å². The van der Waals surface area contributed by atoms with E-state index in [4.69, 9.17) is 6.85 Å². The maximum atomic E-state index is 8.03. The van der Waals surface area contributed by atoms with Crippen molar-refractivity contribution >= 4 is 33.1 Å². The third kappa shape index (κ3) is 2.70. The number of hydrogen-bond donors (Lipinski definition) is 0. The van der Waals surface area contributed by atoms with Crippen LogP contribution in [0.4, 0.5) is 0 Å². The molecule has 0 saturated heterocycles. The average Bonchev–Trinajstić information content (AvgIpc) is 2.96. The minimum absolute atomic E-state index is 0.218. The summed E-state index contributed by atoms with van der Waals surface area (Å²) in [6, 6.07) is 9.58. The van der Waals surface area contributed by atoms with E-state index in [1.54, 1.807) is 17.4 Å². The summed E-state index contributed by atoms with van der Waals surface area (Å²) < 4.78 is 39.3. The lowest BCUT2D eigenvalue weighted by Crippen LogP contribution is -1.85. The summed E-state index contributed by atoms with van der Waals surface area (Å²) >= 11 is 1.64. The first kappa shape index (κ1) is 8.18. The van der Waals surface area contributed by atoms with Crippen molar-refractivity contribution in [3.63, 3.8) is 0 Å². The highest BCUT2D eigenvalue weighted by molar-refractivity contribution is 7.19. The minimum Gasteiger partial charge on any atom is -0.256 e. The number of fused-ring (bicyclic) bond motifs is 1. The second kappa shape index (κ2) is 5.43. The Morgan fingerprint density at radius 2 is 2.30 bits per heavy atom. The van der Waals surface area contributed by atoms with E-state index in [2.05, 4.69) is 23.7 Å². The molecule has 0 amide bonds. The topological polar surface area (TPSA) is 12.9 Å². The van der Waals surface area contributed by atoms with E-state index < -0.39 is 6.85 Å². The van der Waals surface area contributed by atoms with Crippen LogP contribution in [0.25, 0.3) is 21.7 Å². The number of thiophene rings is 1. The van der Waals surface area contributed by atoms with Crippen LogP contribution in [-0.2, 0) is 0 Å². The number of hydrogen-bond acceptors (Lipinski definition) is 2. The zero-order valence-corrected chi connectivity index (χ0v) is 11.5. The van der Waals surface area contributed by atoms with E-state index in [0.717, 1.165) is 16.5 Å². The fourth-order valence-corrected chi connectivity index (χ4v) is 2.80. The molecule has 98 valence electrons. The van der Waals surface area contributed by atoms with Gasteiger partial charge in [0, 0.05) is 19.9 Å². The number of rotatable bonds is 3. The normalized spacial score (nSPS) is 15.5. The van der Waals surface area contributed by atoms with Gasteiger partial charge in [0.15, 0.2) is 0 Å². The van der Waals surface area contributed by atoms with E-state index in [-0.39, 0.29) is 23.3 Å². The lowest BCUT2D eigenvalue weighted by Gasteiger charge is -1.99. The van der Waals surface area contributed by atoms with Crippen molar-refractivity contribution < 1.29 is 6.85 Å². The summed E-state index contributed by atoms with van der Waals surface area (Å²) in [5.41, 5.74) is 0.464. The van der Waals surface area contributed by atoms with Crippen molar-refractivity contribution in [1.29, 1.82) is 0 Å². The van der Waals surface area contributed by atoms with Crippen molar-refractivity contribution in [3.05, 3.63) is 77.4 Å². The van der Waals surface area contributed by atoms with Gasteiger partial charge < -0.3 is 0 Å². The number of aromatic nitrogens is 1. The molecule has 20 heavy (non-hydrogen) atoms. The highest BCUT2D eigenvalue weighted by atomic mass is 32.1. The molecule has 0 fully saturated rings. The molecule has 0 aliphatic heterocycles. The Morgan fingerprint density at radius 1 is 1.40 bits per heavy atom. The van der Waals surface area contributed by atoms with Gasteiger partial charge in [0.2, 0.25) is 0 Å². The standard InChI is InChI=1S/C18H15NS/c1-13-7-10-17(19-12-13)14(2)8-9-16-11-15-5-3-4-6-18(15)20-16/h3-12H,2H2,1H3/i1D3,7D,10D. The Labute approximate surface area is 130 Å². The third-order valence-electron chi connectivity index (χ3n) is 2.84. The summed E-state index contributed by atoms with van der Waals surface area (Å²) in [5, 5.41) is 1.16. The third-order valence-corrected chi connectivity index (χ3v) is 3.92. The van der Waals surface area contributed by atoms with Gasteiger partial charge in [0.1, 0.15) is 0 Å². The number of benzene rings is 1. The first-order valence-corrected chi connectivity index (χ1v) is 6.91. The number of nitrogens with zero attached hydrogens (tertiary/aromatic N) is 1. The molecule has 0 radical (unpaired) electrons. The zero-order chi connectivity index (χ0) is 18.2. The Kier molecular flexibility index (Phi) is 2.22. The second-order valence-corrected chi connectivity index (χ2v) is 5.43. The summed E-state index contributed by atoms with van der Waals surface area (Å²) in [7, 11) is 0. The molecule has 0 N–H and O–H groups in total. The second-order valence-electron chi connectivity index (χ2n) is 4.32. The predicted molar refractivity (Wildman–Crippen MR) is 88.9 cm³/mol. The Morgan fingerprint density at radius 3 is 3.15 bits per heavy atom. The summed E-state index contributed by atoms with van der Waals surface area (Å²) in [6.07, 6.45) is 4.76. The van der Waals surface area contributed by atoms with Crippen LogP contribution in [-0.4, -0.2) is 4.98 Å². The lowest BCUT2D eigenvalue weighted by atomic mass is 10.1. The minimum atomic E-state index is -2.45. The van der Waals surface area contributed by atoms with E-state index in [9.17, 15) is 0 Å². The molecule has 0 saturated carbocycles. The molecule has 0 aliphatic rings. The highest BCUT2D eigenvalue weighted by Crippen LogP contribution is 2.26. The summed E-state index contributed by atoms with van der Waals surface area (Å²) in [6.45, 7) is 1.45. The molecule has 0 unspecified atom stereocenters. The van der Waals surface area contributed by atoms with Crippen LogP contribution >= 0.6 is 11.3 Å². The molecule has 2 heteroatoms. The van der Waals surface area contributed by atoms with Crippen molar-refractivity contribution in [2.24, 2.45) is 0 Å². The molecular weight excluding hydrogens is 262 g/mol. The van der Waals surface area contributed by atoms with Crippen LogP contribution in [0.2, 0.25) is 0 Å². The fraction of sp³-hybridized carbons (Fsp3) is 0.0556. The molecule has 2 heterocycles. The van der Waals surface area contributed by atoms with E-state index >= 15 is 0 Å². The molecule has 0 spiro atoms. The molecule has 0 bridgehead atoms. The van der Waals surface area contributed by atoms with Crippen molar-refractivity contribution in [2.75, 3.05) is 0 Å². The Hall–Kier alpha value is -2.19. The maximum Gasteiger partial charge on any atom is 0.0696 e. The van der Waals surface area contributed by atoms with Gasteiger partial charge in [0.25, 0.3) is 0 Å². The van der Waals surface area contributed by atoms with Crippen LogP contribution in [0.3, 0.4) is 0 Å². The average molecular weight is 282 g/mol. The van der Waals surface area contributed by atoms with Crippen LogP contribution in [0, 0.1) is 6.85 Å².